The Hall–Kier alpha value is -1.62. The molecule has 0 aliphatic carbocycles. The van der Waals surface area contributed by atoms with Crippen LogP contribution < -0.4 is 4.74 Å². The molecule has 0 aliphatic rings. The quantitative estimate of drug-likeness (QED) is 0.646. The normalized spacial score (nSPS) is 14.3. The van der Waals surface area contributed by atoms with Gasteiger partial charge in [0.2, 0.25) is 0 Å². The largest absolute Gasteiger partial charge is 0.484 e. The van der Waals surface area contributed by atoms with Gasteiger partial charge in [0.25, 0.3) is 0 Å². The maximum Gasteiger partial charge on any atom is 0.310 e. The molecule has 0 saturated carbocycles. The van der Waals surface area contributed by atoms with Gasteiger partial charge in [-0.1, -0.05) is 19.9 Å². The smallest absolute Gasteiger partial charge is 0.310 e. The summed E-state index contributed by atoms with van der Waals surface area (Å²) >= 11 is 0. The fourth-order valence-electron chi connectivity index (χ4n) is 1.28. The van der Waals surface area contributed by atoms with Crippen LogP contribution in [0.5, 0.6) is 5.75 Å². The van der Waals surface area contributed by atoms with Crippen LogP contribution in [-0.2, 0) is 0 Å². The van der Waals surface area contributed by atoms with E-state index in [0.717, 1.165) is 5.56 Å². The van der Waals surface area contributed by atoms with Gasteiger partial charge >= 0.3 is 5.69 Å². The molecule has 0 heterocycles. The highest BCUT2D eigenvalue weighted by molar-refractivity contribution is 5.48. The highest BCUT2D eigenvalue weighted by Crippen LogP contribution is 2.29. The van der Waals surface area contributed by atoms with Gasteiger partial charge in [0, 0.05) is 6.07 Å². The fraction of sp³-hybridized carbons (Fsp3) is 0.538. The van der Waals surface area contributed by atoms with Crippen molar-refractivity contribution in [2.45, 2.75) is 33.3 Å². The molecule has 1 rings (SSSR count). The molecular weight excluding hydrogens is 234 g/mol. The Morgan fingerprint density at radius 2 is 2.11 bits per heavy atom. The molecule has 0 radical (unpaired) electrons. The van der Waals surface area contributed by atoms with Crippen LogP contribution in [0.1, 0.15) is 26.3 Å². The van der Waals surface area contributed by atoms with Crippen LogP contribution in [0.25, 0.3) is 0 Å². The number of hydrogen-bond acceptors (Lipinski definition) is 4. The number of nitro groups is 1. The Labute approximate surface area is 107 Å². The fourth-order valence-corrected chi connectivity index (χ4v) is 1.28. The molecule has 18 heavy (non-hydrogen) atoms. The summed E-state index contributed by atoms with van der Waals surface area (Å²) in [5, 5.41) is 20.9. The highest BCUT2D eigenvalue weighted by Gasteiger charge is 2.27. The molecule has 5 heteroatoms. The number of ether oxygens (including phenoxy) is 1. The summed E-state index contributed by atoms with van der Waals surface area (Å²) < 4.78 is 5.41. The van der Waals surface area contributed by atoms with Gasteiger partial charge in [0.15, 0.2) is 5.75 Å². The zero-order valence-electron chi connectivity index (χ0n) is 11.1. The molecule has 0 saturated heterocycles. The second-order valence-corrected chi connectivity index (χ2v) is 5.03. The van der Waals surface area contributed by atoms with Crippen molar-refractivity contribution in [3.63, 3.8) is 0 Å². The summed E-state index contributed by atoms with van der Waals surface area (Å²) in [4.78, 5) is 10.4. The predicted molar refractivity (Wildman–Crippen MR) is 68.8 cm³/mol. The topological polar surface area (TPSA) is 72.6 Å². The van der Waals surface area contributed by atoms with Crippen LogP contribution in [0.15, 0.2) is 18.2 Å². The first-order valence-corrected chi connectivity index (χ1v) is 5.84. The van der Waals surface area contributed by atoms with Crippen molar-refractivity contribution in [3.05, 3.63) is 33.9 Å². The van der Waals surface area contributed by atoms with Crippen LogP contribution in [0.4, 0.5) is 5.69 Å². The molecule has 1 unspecified atom stereocenters. The Morgan fingerprint density at radius 3 is 2.61 bits per heavy atom. The Kier molecular flexibility index (Phi) is 4.29. The number of nitro benzene ring substituents is 1. The molecule has 0 amide bonds. The number of nitrogens with zero attached hydrogens (tertiary/aromatic N) is 1. The van der Waals surface area contributed by atoms with Crippen LogP contribution in [0, 0.1) is 23.0 Å². The summed E-state index contributed by atoms with van der Waals surface area (Å²) in [5.74, 6) is 0.197. The molecule has 5 nitrogen and oxygen atoms in total. The van der Waals surface area contributed by atoms with Gasteiger partial charge in [-0.25, -0.2) is 0 Å². The number of benzene rings is 1. The van der Waals surface area contributed by atoms with Gasteiger partial charge in [0.1, 0.15) is 6.61 Å². The average molecular weight is 253 g/mol. The first-order chi connectivity index (χ1) is 8.24. The first kappa shape index (κ1) is 14.4. The molecule has 1 aromatic carbocycles. The van der Waals surface area contributed by atoms with Crippen LogP contribution in [0.2, 0.25) is 0 Å². The molecule has 1 aromatic rings. The lowest BCUT2D eigenvalue weighted by Crippen LogP contribution is -2.37. The second-order valence-electron chi connectivity index (χ2n) is 5.03. The molecular formula is C13H19NO4. The van der Waals surface area contributed by atoms with E-state index in [9.17, 15) is 15.2 Å². The Balaban J connectivity index is 2.90. The lowest BCUT2D eigenvalue weighted by molar-refractivity contribution is -0.386. The summed E-state index contributed by atoms with van der Waals surface area (Å²) in [6.45, 7) is 7.24. The van der Waals surface area contributed by atoms with E-state index in [4.69, 9.17) is 4.74 Å². The van der Waals surface area contributed by atoms with Gasteiger partial charge < -0.3 is 9.84 Å². The minimum Gasteiger partial charge on any atom is -0.484 e. The maximum atomic E-state index is 10.9. The minimum absolute atomic E-state index is 0.00126. The van der Waals surface area contributed by atoms with E-state index in [1.54, 1.807) is 19.1 Å². The van der Waals surface area contributed by atoms with Crippen LogP contribution >= 0.6 is 0 Å². The van der Waals surface area contributed by atoms with E-state index < -0.39 is 10.5 Å². The second kappa shape index (κ2) is 5.35. The summed E-state index contributed by atoms with van der Waals surface area (Å²) in [5.41, 5.74) is -0.225. The maximum absolute atomic E-state index is 10.9. The van der Waals surface area contributed by atoms with E-state index >= 15 is 0 Å². The third-order valence-electron chi connectivity index (χ3n) is 3.08. The van der Waals surface area contributed by atoms with E-state index in [-0.39, 0.29) is 24.0 Å². The third kappa shape index (κ3) is 3.43. The molecule has 0 spiro atoms. The summed E-state index contributed by atoms with van der Waals surface area (Å²) in [6.07, 6.45) is 0. The Bertz CT molecular complexity index is 441. The summed E-state index contributed by atoms with van der Waals surface area (Å²) in [7, 11) is 0. The third-order valence-corrected chi connectivity index (χ3v) is 3.08. The van der Waals surface area contributed by atoms with Gasteiger partial charge in [-0.2, -0.15) is 0 Å². The zero-order valence-corrected chi connectivity index (χ0v) is 11.1. The van der Waals surface area contributed by atoms with Gasteiger partial charge in [-0.15, -0.1) is 0 Å². The number of rotatable bonds is 5. The van der Waals surface area contributed by atoms with E-state index in [1.165, 1.54) is 6.07 Å². The van der Waals surface area contributed by atoms with Crippen molar-refractivity contribution < 1.29 is 14.8 Å². The van der Waals surface area contributed by atoms with Crippen molar-refractivity contribution in [1.82, 2.24) is 0 Å². The van der Waals surface area contributed by atoms with Crippen molar-refractivity contribution >= 4 is 5.69 Å². The Morgan fingerprint density at radius 1 is 1.50 bits per heavy atom. The van der Waals surface area contributed by atoms with Crippen molar-refractivity contribution in [1.29, 1.82) is 0 Å². The first-order valence-electron chi connectivity index (χ1n) is 5.84. The number of aliphatic hydroxyl groups is 1. The number of aryl methyl sites for hydroxylation is 1. The van der Waals surface area contributed by atoms with Gasteiger partial charge in [-0.05, 0) is 31.4 Å². The van der Waals surface area contributed by atoms with Gasteiger partial charge in [-0.3, -0.25) is 10.1 Å². The lowest BCUT2D eigenvalue weighted by atomic mass is 9.94. The van der Waals surface area contributed by atoms with Gasteiger partial charge in [0.05, 0.1) is 10.5 Å². The molecule has 0 fully saturated rings. The molecule has 0 bridgehead atoms. The molecule has 100 valence electrons. The van der Waals surface area contributed by atoms with Crippen molar-refractivity contribution in [2.24, 2.45) is 5.92 Å². The van der Waals surface area contributed by atoms with E-state index in [0.29, 0.717) is 0 Å². The van der Waals surface area contributed by atoms with Crippen molar-refractivity contribution in [2.75, 3.05) is 6.61 Å². The van der Waals surface area contributed by atoms with Crippen molar-refractivity contribution in [3.8, 4) is 5.75 Å². The van der Waals surface area contributed by atoms with E-state index in [2.05, 4.69) is 0 Å². The standard InChI is InChI=1S/C13H19NO4/c1-9(2)13(4,15)8-18-12-7-10(3)5-6-11(12)14(16)17/h5-7,9,15H,8H2,1-4H3. The predicted octanol–water partition coefficient (Wildman–Crippen LogP) is 2.69. The molecule has 1 N–H and O–H groups in total. The zero-order chi connectivity index (χ0) is 13.9. The van der Waals surface area contributed by atoms with Crippen LogP contribution in [-0.4, -0.2) is 22.2 Å². The molecule has 1 atom stereocenters. The van der Waals surface area contributed by atoms with E-state index in [1.807, 2.05) is 20.8 Å². The molecule has 0 aromatic heterocycles. The average Bonchev–Trinajstić information content (AvgIpc) is 2.26. The monoisotopic (exact) mass is 253 g/mol. The SMILES string of the molecule is Cc1ccc([N+](=O)[O-])c(OCC(C)(O)C(C)C)c1. The highest BCUT2D eigenvalue weighted by atomic mass is 16.6. The number of hydrogen-bond donors (Lipinski definition) is 1. The summed E-state index contributed by atoms with van der Waals surface area (Å²) in [6, 6.07) is 4.68. The molecule has 0 aliphatic heterocycles. The lowest BCUT2D eigenvalue weighted by Gasteiger charge is -2.27. The van der Waals surface area contributed by atoms with Crippen LogP contribution in [0.3, 0.4) is 0 Å². The minimum atomic E-state index is -1.02.